The van der Waals surface area contributed by atoms with Crippen molar-refractivity contribution in [2.24, 2.45) is 0 Å². The number of benzene rings is 1. The van der Waals surface area contributed by atoms with Gasteiger partial charge in [-0.3, -0.25) is 4.98 Å². The van der Waals surface area contributed by atoms with Crippen molar-refractivity contribution in [3.63, 3.8) is 0 Å². The van der Waals surface area contributed by atoms with E-state index in [9.17, 15) is 12.8 Å². The summed E-state index contributed by atoms with van der Waals surface area (Å²) in [5.74, 6) is -0.364. The van der Waals surface area contributed by atoms with Crippen LogP contribution in [0.4, 0.5) is 4.39 Å². The standard InChI is InChI=1S/C15H14BrFN2O2S/c16-14-8-11(3-6-15(14)17)10-19(12-4-5-12)22(20,21)13-2-1-7-18-9-13/h1-3,6-9,12H,4-5,10H2. The molecule has 0 N–H and O–H groups in total. The largest absolute Gasteiger partial charge is 0.263 e. The quantitative estimate of drug-likeness (QED) is 0.794. The first kappa shape index (κ1) is 15.6. The van der Waals surface area contributed by atoms with E-state index in [1.54, 1.807) is 18.2 Å². The first-order chi connectivity index (χ1) is 10.5. The number of halogens is 2. The molecule has 0 radical (unpaired) electrons. The number of nitrogens with zero attached hydrogens (tertiary/aromatic N) is 2. The van der Waals surface area contributed by atoms with Crippen LogP contribution in [0.2, 0.25) is 0 Å². The zero-order valence-corrected chi connectivity index (χ0v) is 14.0. The van der Waals surface area contributed by atoms with Crippen molar-refractivity contribution >= 4 is 26.0 Å². The lowest BCUT2D eigenvalue weighted by Crippen LogP contribution is -2.32. The maximum Gasteiger partial charge on any atom is 0.245 e. The highest BCUT2D eigenvalue weighted by Crippen LogP contribution is 2.33. The minimum Gasteiger partial charge on any atom is -0.263 e. The predicted molar refractivity (Wildman–Crippen MR) is 84.1 cm³/mol. The van der Waals surface area contributed by atoms with Crippen molar-refractivity contribution in [1.29, 1.82) is 0 Å². The number of aromatic nitrogens is 1. The van der Waals surface area contributed by atoms with Gasteiger partial charge in [0.1, 0.15) is 10.7 Å². The summed E-state index contributed by atoms with van der Waals surface area (Å²) in [5.41, 5.74) is 0.743. The molecule has 0 amide bonds. The van der Waals surface area contributed by atoms with Crippen LogP contribution < -0.4 is 0 Å². The van der Waals surface area contributed by atoms with E-state index in [1.807, 2.05) is 0 Å². The molecule has 0 aliphatic heterocycles. The molecule has 1 aromatic heterocycles. The molecule has 3 rings (SSSR count). The van der Waals surface area contributed by atoms with Gasteiger partial charge in [-0.2, -0.15) is 4.31 Å². The summed E-state index contributed by atoms with van der Waals surface area (Å²) in [4.78, 5) is 4.07. The molecule has 0 atom stereocenters. The summed E-state index contributed by atoms with van der Waals surface area (Å²) in [6.45, 7) is 0.223. The van der Waals surface area contributed by atoms with Crippen LogP contribution in [0.3, 0.4) is 0 Å². The zero-order chi connectivity index (χ0) is 15.7. The van der Waals surface area contributed by atoms with Crippen LogP contribution in [0, 0.1) is 5.82 Å². The zero-order valence-electron chi connectivity index (χ0n) is 11.6. The average Bonchev–Trinajstić information content (AvgIpc) is 3.33. The summed E-state index contributed by atoms with van der Waals surface area (Å²) in [5, 5.41) is 0. The molecule has 1 aliphatic carbocycles. The Morgan fingerprint density at radius 3 is 2.68 bits per heavy atom. The third-order valence-corrected chi connectivity index (χ3v) is 6.01. The van der Waals surface area contributed by atoms with Crippen LogP contribution in [0.25, 0.3) is 0 Å². The molecule has 1 aliphatic rings. The van der Waals surface area contributed by atoms with Crippen LogP contribution in [0.5, 0.6) is 0 Å². The predicted octanol–water partition coefficient (Wildman–Crippen LogP) is 3.34. The molecule has 2 aromatic rings. The van der Waals surface area contributed by atoms with Gasteiger partial charge in [-0.05, 0) is 58.6 Å². The van der Waals surface area contributed by atoms with Gasteiger partial charge >= 0.3 is 0 Å². The third-order valence-electron chi connectivity index (χ3n) is 3.52. The highest BCUT2D eigenvalue weighted by Gasteiger charge is 2.38. The molecule has 22 heavy (non-hydrogen) atoms. The lowest BCUT2D eigenvalue weighted by molar-refractivity contribution is 0.398. The Kier molecular flexibility index (Phi) is 4.29. The normalized spacial score (nSPS) is 15.2. The minimum atomic E-state index is -3.60. The minimum absolute atomic E-state index is 0.00837. The molecule has 0 unspecified atom stereocenters. The number of pyridine rings is 1. The first-order valence-corrected chi connectivity index (χ1v) is 9.07. The second kappa shape index (κ2) is 6.06. The van der Waals surface area contributed by atoms with Gasteiger partial charge in [-0.25, -0.2) is 12.8 Å². The molecule has 1 saturated carbocycles. The number of sulfonamides is 1. The van der Waals surface area contributed by atoms with Gasteiger partial charge in [0.25, 0.3) is 0 Å². The number of hydrogen-bond donors (Lipinski definition) is 0. The molecule has 1 aromatic carbocycles. The molecular weight excluding hydrogens is 371 g/mol. The number of hydrogen-bond acceptors (Lipinski definition) is 3. The highest BCUT2D eigenvalue weighted by molar-refractivity contribution is 9.10. The monoisotopic (exact) mass is 384 g/mol. The molecular formula is C15H14BrFN2O2S. The molecule has 0 spiro atoms. The molecule has 0 bridgehead atoms. The second-order valence-corrected chi connectivity index (χ2v) is 7.96. The van der Waals surface area contributed by atoms with Gasteiger partial charge in [0.05, 0.1) is 4.47 Å². The van der Waals surface area contributed by atoms with Crippen LogP contribution in [-0.4, -0.2) is 23.7 Å². The highest BCUT2D eigenvalue weighted by atomic mass is 79.9. The lowest BCUT2D eigenvalue weighted by atomic mass is 10.2. The van der Waals surface area contributed by atoms with E-state index < -0.39 is 10.0 Å². The van der Waals surface area contributed by atoms with Crippen molar-refractivity contribution < 1.29 is 12.8 Å². The van der Waals surface area contributed by atoms with E-state index >= 15 is 0 Å². The number of rotatable bonds is 5. The Hall–Kier alpha value is -1.31. The van der Waals surface area contributed by atoms with Gasteiger partial charge in [0, 0.05) is 25.0 Å². The van der Waals surface area contributed by atoms with Gasteiger partial charge in [-0.1, -0.05) is 6.07 Å². The fraction of sp³-hybridized carbons (Fsp3) is 0.267. The fourth-order valence-electron chi connectivity index (χ4n) is 2.23. The summed E-state index contributed by atoms with van der Waals surface area (Å²) < 4.78 is 40.7. The van der Waals surface area contributed by atoms with E-state index in [2.05, 4.69) is 20.9 Å². The van der Waals surface area contributed by atoms with Crippen LogP contribution in [0.15, 0.2) is 52.1 Å². The Labute approximate surface area is 137 Å². The molecule has 4 nitrogen and oxygen atoms in total. The van der Waals surface area contributed by atoms with E-state index in [0.717, 1.165) is 18.4 Å². The van der Waals surface area contributed by atoms with Crippen LogP contribution in [0.1, 0.15) is 18.4 Å². The topological polar surface area (TPSA) is 50.3 Å². The van der Waals surface area contributed by atoms with Gasteiger partial charge in [0.15, 0.2) is 0 Å². The smallest absolute Gasteiger partial charge is 0.245 e. The van der Waals surface area contributed by atoms with Crippen molar-refractivity contribution in [2.75, 3.05) is 0 Å². The van der Waals surface area contributed by atoms with E-state index in [0.29, 0.717) is 4.47 Å². The maximum atomic E-state index is 13.3. The van der Waals surface area contributed by atoms with E-state index in [4.69, 9.17) is 0 Å². The second-order valence-electron chi connectivity index (χ2n) is 5.22. The van der Waals surface area contributed by atoms with Gasteiger partial charge in [-0.15, -0.1) is 0 Å². The van der Waals surface area contributed by atoms with Gasteiger partial charge in [0.2, 0.25) is 10.0 Å². The molecule has 116 valence electrons. The van der Waals surface area contributed by atoms with E-state index in [1.165, 1.54) is 28.8 Å². The Bertz CT molecular complexity index is 779. The first-order valence-electron chi connectivity index (χ1n) is 6.84. The van der Waals surface area contributed by atoms with Crippen LogP contribution >= 0.6 is 15.9 Å². The van der Waals surface area contributed by atoms with E-state index in [-0.39, 0.29) is 23.3 Å². The van der Waals surface area contributed by atoms with Crippen molar-refractivity contribution in [1.82, 2.24) is 9.29 Å². The Morgan fingerprint density at radius 1 is 1.32 bits per heavy atom. The molecule has 1 fully saturated rings. The molecule has 1 heterocycles. The Morgan fingerprint density at radius 2 is 2.09 bits per heavy atom. The van der Waals surface area contributed by atoms with Crippen molar-refractivity contribution in [3.05, 3.63) is 58.6 Å². The lowest BCUT2D eigenvalue weighted by Gasteiger charge is -2.22. The van der Waals surface area contributed by atoms with Crippen molar-refractivity contribution in [3.8, 4) is 0 Å². The molecule has 0 saturated heterocycles. The van der Waals surface area contributed by atoms with Crippen LogP contribution in [-0.2, 0) is 16.6 Å². The third kappa shape index (κ3) is 3.21. The van der Waals surface area contributed by atoms with Crippen molar-refractivity contribution in [2.45, 2.75) is 30.3 Å². The Balaban J connectivity index is 1.92. The summed E-state index contributed by atoms with van der Waals surface area (Å²) in [6.07, 6.45) is 4.59. The molecule has 7 heteroatoms. The van der Waals surface area contributed by atoms with Gasteiger partial charge < -0.3 is 0 Å². The fourth-order valence-corrected chi connectivity index (χ4v) is 4.29. The average molecular weight is 385 g/mol. The maximum absolute atomic E-state index is 13.3. The SMILES string of the molecule is O=S(=O)(c1cccnc1)N(Cc1ccc(F)c(Br)c1)C1CC1. The summed E-state index contributed by atoms with van der Waals surface area (Å²) >= 11 is 3.13. The summed E-state index contributed by atoms with van der Waals surface area (Å²) in [6, 6.07) is 7.71. The summed E-state index contributed by atoms with van der Waals surface area (Å²) in [7, 11) is -3.60.